The second-order valence-corrected chi connectivity index (χ2v) is 6.57. The normalized spacial score (nSPS) is 11.3. The average molecular weight is 316 g/mol. The Morgan fingerprint density at radius 1 is 1.20 bits per heavy atom. The van der Waals surface area contributed by atoms with Crippen LogP contribution in [0, 0.1) is 5.82 Å². The predicted molar refractivity (Wildman–Crippen MR) is 75.4 cm³/mol. The molecule has 20 heavy (non-hydrogen) atoms. The van der Waals surface area contributed by atoms with Crippen molar-refractivity contribution in [2.45, 2.75) is 4.90 Å². The van der Waals surface area contributed by atoms with Gasteiger partial charge in [-0.3, -0.25) is 0 Å². The van der Waals surface area contributed by atoms with Gasteiger partial charge in [-0.05, 0) is 30.3 Å². The zero-order valence-electron chi connectivity index (χ0n) is 10.4. The van der Waals surface area contributed by atoms with E-state index in [4.69, 9.17) is 22.1 Å². The van der Waals surface area contributed by atoms with Crippen molar-refractivity contribution in [3.05, 3.63) is 47.2 Å². The summed E-state index contributed by atoms with van der Waals surface area (Å²) >= 11 is 5.58. The summed E-state index contributed by atoms with van der Waals surface area (Å²) in [4.78, 5) is 0.167. The van der Waals surface area contributed by atoms with Crippen molar-refractivity contribution in [1.29, 1.82) is 0 Å². The second kappa shape index (κ2) is 5.30. The molecule has 0 heterocycles. The molecule has 0 aromatic heterocycles. The maximum absolute atomic E-state index is 13.3. The van der Waals surface area contributed by atoms with E-state index in [1.54, 1.807) is 0 Å². The van der Waals surface area contributed by atoms with E-state index in [2.05, 4.69) is 0 Å². The number of halogens is 2. The van der Waals surface area contributed by atoms with E-state index in [-0.39, 0.29) is 21.4 Å². The highest BCUT2D eigenvalue weighted by Crippen LogP contribution is 2.32. The lowest BCUT2D eigenvalue weighted by Gasteiger charge is -2.09. The number of nitrogens with two attached hydrogens (primary N) is 1. The monoisotopic (exact) mass is 315 g/mol. The van der Waals surface area contributed by atoms with Crippen LogP contribution in [-0.2, 0) is 9.84 Å². The van der Waals surface area contributed by atoms with Crippen LogP contribution in [0.15, 0.2) is 41.3 Å². The smallest absolute Gasteiger partial charge is 0.175 e. The minimum atomic E-state index is -3.27. The van der Waals surface area contributed by atoms with Crippen LogP contribution in [-0.4, -0.2) is 14.7 Å². The van der Waals surface area contributed by atoms with Crippen LogP contribution in [0.4, 0.5) is 10.1 Å². The first-order valence-corrected chi connectivity index (χ1v) is 7.77. The third-order valence-corrected chi connectivity index (χ3v) is 3.95. The predicted octanol–water partition coefficient (Wildman–Crippen LogP) is 3.26. The molecule has 0 spiro atoms. The van der Waals surface area contributed by atoms with E-state index >= 15 is 0 Å². The topological polar surface area (TPSA) is 69.4 Å². The summed E-state index contributed by atoms with van der Waals surface area (Å²) in [5.41, 5.74) is 5.85. The van der Waals surface area contributed by atoms with Crippen LogP contribution in [0.1, 0.15) is 0 Å². The Morgan fingerprint density at radius 2 is 1.80 bits per heavy atom. The highest BCUT2D eigenvalue weighted by Gasteiger charge is 2.10. The van der Waals surface area contributed by atoms with Gasteiger partial charge in [-0.15, -0.1) is 0 Å². The molecule has 0 saturated heterocycles. The molecule has 0 bridgehead atoms. The lowest BCUT2D eigenvalue weighted by Crippen LogP contribution is -1.97. The van der Waals surface area contributed by atoms with Gasteiger partial charge in [0.15, 0.2) is 15.6 Å². The van der Waals surface area contributed by atoms with Crippen molar-refractivity contribution in [1.82, 2.24) is 0 Å². The summed E-state index contributed by atoms with van der Waals surface area (Å²) in [7, 11) is -3.27. The Hall–Kier alpha value is -1.79. The van der Waals surface area contributed by atoms with Gasteiger partial charge in [-0.25, -0.2) is 12.8 Å². The minimum absolute atomic E-state index is 0.0951. The first kappa shape index (κ1) is 14.6. The summed E-state index contributed by atoms with van der Waals surface area (Å²) in [6.45, 7) is 0. The van der Waals surface area contributed by atoms with E-state index in [1.807, 2.05) is 0 Å². The van der Waals surface area contributed by atoms with Gasteiger partial charge in [-0.2, -0.15) is 0 Å². The summed E-state index contributed by atoms with van der Waals surface area (Å²) in [6, 6.07) is 8.03. The Labute approximate surface area is 120 Å². The molecule has 0 fully saturated rings. The SMILES string of the molecule is CS(=O)(=O)c1ccc(Oc2cc(F)c(Cl)cc2N)cc1. The molecule has 0 aliphatic rings. The molecule has 0 aliphatic carbocycles. The largest absolute Gasteiger partial charge is 0.455 e. The Balaban J connectivity index is 2.29. The van der Waals surface area contributed by atoms with Crippen molar-refractivity contribution < 1.29 is 17.5 Å². The molecule has 2 aromatic carbocycles. The second-order valence-electron chi connectivity index (χ2n) is 4.15. The summed E-state index contributed by atoms with van der Waals surface area (Å²) in [6.07, 6.45) is 1.11. The van der Waals surface area contributed by atoms with Gasteiger partial charge in [0, 0.05) is 12.3 Å². The summed E-state index contributed by atoms with van der Waals surface area (Å²) in [5.74, 6) is -0.201. The van der Waals surface area contributed by atoms with Gasteiger partial charge in [0.1, 0.15) is 11.6 Å². The number of hydrogen-bond donors (Lipinski definition) is 1. The number of nitrogen functional groups attached to an aromatic ring is 1. The molecule has 2 N–H and O–H groups in total. The van der Waals surface area contributed by atoms with Crippen LogP contribution in [0.25, 0.3) is 0 Å². The molecule has 0 radical (unpaired) electrons. The molecule has 4 nitrogen and oxygen atoms in total. The quantitative estimate of drug-likeness (QED) is 0.883. The number of sulfone groups is 1. The number of hydrogen-bond acceptors (Lipinski definition) is 4. The van der Waals surface area contributed by atoms with Gasteiger partial charge in [0.2, 0.25) is 0 Å². The third kappa shape index (κ3) is 3.20. The fourth-order valence-electron chi connectivity index (χ4n) is 1.51. The van der Waals surface area contributed by atoms with Crippen molar-refractivity contribution >= 4 is 27.1 Å². The van der Waals surface area contributed by atoms with Crippen molar-refractivity contribution in [2.24, 2.45) is 0 Å². The van der Waals surface area contributed by atoms with E-state index in [0.29, 0.717) is 5.75 Å². The summed E-state index contributed by atoms with van der Waals surface area (Å²) in [5, 5.41) is -0.0951. The van der Waals surface area contributed by atoms with Crippen LogP contribution < -0.4 is 10.5 Å². The molecule has 2 rings (SSSR count). The van der Waals surface area contributed by atoms with Crippen LogP contribution in [0.5, 0.6) is 11.5 Å². The standard InChI is InChI=1S/C13H11ClFNO3S/c1-20(17,18)9-4-2-8(3-5-9)19-13-7-11(15)10(14)6-12(13)16/h2-7H,16H2,1H3. The molecule has 0 amide bonds. The van der Waals surface area contributed by atoms with Gasteiger partial charge in [0.25, 0.3) is 0 Å². The fourth-order valence-corrected chi connectivity index (χ4v) is 2.32. The van der Waals surface area contributed by atoms with Crippen LogP contribution >= 0.6 is 11.6 Å². The van der Waals surface area contributed by atoms with Crippen LogP contribution in [0.2, 0.25) is 5.02 Å². The molecular formula is C13H11ClFNO3S. The highest BCUT2D eigenvalue weighted by atomic mass is 35.5. The number of benzene rings is 2. The first-order valence-electron chi connectivity index (χ1n) is 5.50. The molecule has 7 heteroatoms. The Kier molecular flexibility index (Phi) is 3.87. The van der Waals surface area contributed by atoms with Crippen molar-refractivity contribution in [3.63, 3.8) is 0 Å². The van der Waals surface area contributed by atoms with Gasteiger partial charge in [0.05, 0.1) is 15.6 Å². The van der Waals surface area contributed by atoms with E-state index in [0.717, 1.165) is 12.3 Å². The van der Waals surface area contributed by atoms with Crippen molar-refractivity contribution in [2.75, 3.05) is 12.0 Å². The van der Waals surface area contributed by atoms with Crippen molar-refractivity contribution in [3.8, 4) is 11.5 Å². The number of ether oxygens (including phenoxy) is 1. The van der Waals surface area contributed by atoms with E-state index in [9.17, 15) is 12.8 Å². The zero-order valence-corrected chi connectivity index (χ0v) is 12.0. The molecule has 0 aliphatic heterocycles. The Morgan fingerprint density at radius 3 is 2.35 bits per heavy atom. The Bertz CT molecular complexity index is 745. The number of anilines is 1. The van der Waals surface area contributed by atoms with Gasteiger partial charge < -0.3 is 10.5 Å². The molecule has 0 saturated carbocycles. The molecule has 0 unspecified atom stereocenters. The van der Waals surface area contributed by atoms with Crippen LogP contribution in [0.3, 0.4) is 0 Å². The molecular weight excluding hydrogens is 305 g/mol. The summed E-state index contributed by atoms with van der Waals surface area (Å²) < 4.78 is 41.4. The lowest BCUT2D eigenvalue weighted by atomic mass is 10.3. The highest BCUT2D eigenvalue weighted by molar-refractivity contribution is 7.90. The number of rotatable bonds is 3. The average Bonchev–Trinajstić information content (AvgIpc) is 2.35. The van der Waals surface area contributed by atoms with E-state index < -0.39 is 15.7 Å². The fraction of sp³-hybridized carbons (Fsp3) is 0.0769. The molecule has 2 aromatic rings. The van der Waals surface area contributed by atoms with E-state index in [1.165, 1.54) is 30.3 Å². The lowest BCUT2D eigenvalue weighted by molar-refractivity contribution is 0.479. The maximum Gasteiger partial charge on any atom is 0.175 e. The zero-order chi connectivity index (χ0) is 14.9. The first-order chi connectivity index (χ1) is 9.27. The maximum atomic E-state index is 13.3. The minimum Gasteiger partial charge on any atom is -0.455 e. The third-order valence-electron chi connectivity index (χ3n) is 2.53. The van der Waals surface area contributed by atoms with Gasteiger partial charge >= 0.3 is 0 Å². The molecule has 106 valence electrons. The molecule has 0 atom stereocenters. The van der Waals surface area contributed by atoms with Gasteiger partial charge in [-0.1, -0.05) is 11.6 Å².